The Morgan fingerprint density at radius 1 is 1.25 bits per heavy atom. The van der Waals surface area contributed by atoms with Crippen molar-refractivity contribution in [3.63, 3.8) is 0 Å². The zero-order chi connectivity index (χ0) is 11.4. The number of aryl methyl sites for hydroxylation is 1. The lowest BCUT2D eigenvalue weighted by molar-refractivity contribution is 0.340. The van der Waals surface area contributed by atoms with Crippen LogP contribution in [0.1, 0.15) is 12.5 Å². The van der Waals surface area contributed by atoms with Crippen molar-refractivity contribution < 1.29 is 4.74 Å². The lowest BCUT2D eigenvalue weighted by Crippen LogP contribution is -1.92. The molecule has 0 bridgehead atoms. The SMILES string of the molecule is CCOc1cccc(-c2cnccc2C)c1. The van der Waals surface area contributed by atoms with Gasteiger partial charge in [0.05, 0.1) is 6.61 Å². The van der Waals surface area contributed by atoms with Crippen LogP contribution in [0.4, 0.5) is 0 Å². The van der Waals surface area contributed by atoms with E-state index in [9.17, 15) is 0 Å². The van der Waals surface area contributed by atoms with Gasteiger partial charge in [0, 0.05) is 18.0 Å². The quantitative estimate of drug-likeness (QED) is 0.779. The Hall–Kier alpha value is -1.83. The molecule has 1 heterocycles. The van der Waals surface area contributed by atoms with Gasteiger partial charge in [-0.1, -0.05) is 12.1 Å². The van der Waals surface area contributed by atoms with Gasteiger partial charge >= 0.3 is 0 Å². The van der Waals surface area contributed by atoms with Crippen LogP contribution in [0.3, 0.4) is 0 Å². The lowest BCUT2D eigenvalue weighted by atomic mass is 10.0. The summed E-state index contributed by atoms with van der Waals surface area (Å²) in [5.41, 5.74) is 3.53. The van der Waals surface area contributed by atoms with Gasteiger partial charge in [0.15, 0.2) is 0 Å². The Balaban J connectivity index is 2.40. The standard InChI is InChI=1S/C14H15NO/c1-3-16-13-6-4-5-12(9-13)14-10-15-8-7-11(14)2/h4-10H,3H2,1-2H3. The molecule has 0 aliphatic rings. The smallest absolute Gasteiger partial charge is 0.119 e. The molecule has 0 saturated carbocycles. The van der Waals surface area contributed by atoms with Crippen LogP contribution < -0.4 is 4.74 Å². The molecule has 0 spiro atoms. The van der Waals surface area contributed by atoms with Crippen LogP contribution in [0, 0.1) is 6.92 Å². The third-order valence-electron chi connectivity index (χ3n) is 2.50. The van der Waals surface area contributed by atoms with E-state index in [0.29, 0.717) is 6.61 Å². The highest BCUT2D eigenvalue weighted by molar-refractivity contribution is 5.67. The Morgan fingerprint density at radius 3 is 2.88 bits per heavy atom. The van der Waals surface area contributed by atoms with Crippen molar-refractivity contribution in [3.05, 3.63) is 48.3 Å². The summed E-state index contributed by atoms with van der Waals surface area (Å²) in [6.07, 6.45) is 3.70. The first-order chi connectivity index (χ1) is 7.81. The summed E-state index contributed by atoms with van der Waals surface area (Å²) in [4.78, 5) is 4.16. The highest BCUT2D eigenvalue weighted by Gasteiger charge is 2.02. The molecule has 0 saturated heterocycles. The van der Waals surface area contributed by atoms with Gasteiger partial charge in [-0.2, -0.15) is 0 Å². The van der Waals surface area contributed by atoms with E-state index in [1.165, 1.54) is 5.56 Å². The number of nitrogens with zero attached hydrogens (tertiary/aromatic N) is 1. The molecule has 1 aromatic heterocycles. The van der Waals surface area contributed by atoms with E-state index in [-0.39, 0.29) is 0 Å². The molecule has 0 N–H and O–H groups in total. The number of hydrogen-bond donors (Lipinski definition) is 0. The largest absolute Gasteiger partial charge is 0.494 e. The Labute approximate surface area is 95.9 Å². The molecule has 2 aromatic rings. The molecule has 0 radical (unpaired) electrons. The van der Waals surface area contributed by atoms with Gasteiger partial charge in [-0.25, -0.2) is 0 Å². The summed E-state index contributed by atoms with van der Waals surface area (Å²) in [6, 6.07) is 10.1. The van der Waals surface area contributed by atoms with Gasteiger partial charge in [-0.3, -0.25) is 4.98 Å². The molecule has 0 atom stereocenters. The molecule has 2 rings (SSSR count). The summed E-state index contributed by atoms with van der Waals surface area (Å²) >= 11 is 0. The van der Waals surface area contributed by atoms with Crippen molar-refractivity contribution in [2.75, 3.05) is 6.61 Å². The van der Waals surface area contributed by atoms with Crippen LogP contribution in [-0.4, -0.2) is 11.6 Å². The number of hydrogen-bond acceptors (Lipinski definition) is 2. The minimum atomic E-state index is 0.690. The maximum atomic E-state index is 5.49. The maximum absolute atomic E-state index is 5.49. The summed E-state index contributed by atoms with van der Waals surface area (Å²) < 4.78 is 5.49. The van der Waals surface area contributed by atoms with E-state index in [1.54, 1.807) is 0 Å². The molecule has 1 aromatic carbocycles. The first-order valence-corrected chi connectivity index (χ1v) is 5.45. The first kappa shape index (κ1) is 10.7. The molecular formula is C14H15NO. The minimum Gasteiger partial charge on any atom is -0.494 e. The molecular weight excluding hydrogens is 198 g/mol. The fourth-order valence-corrected chi connectivity index (χ4v) is 1.69. The summed E-state index contributed by atoms with van der Waals surface area (Å²) in [5.74, 6) is 0.906. The van der Waals surface area contributed by atoms with E-state index in [4.69, 9.17) is 4.74 Å². The number of benzene rings is 1. The van der Waals surface area contributed by atoms with E-state index in [0.717, 1.165) is 16.9 Å². The average Bonchev–Trinajstić information content (AvgIpc) is 2.30. The average molecular weight is 213 g/mol. The molecule has 0 aliphatic heterocycles. The molecule has 0 aliphatic carbocycles. The van der Waals surface area contributed by atoms with Crippen molar-refractivity contribution in [2.24, 2.45) is 0 Å². The van der Waals surface area contributed by atoms with Gasteiger partial charge in [-0.05, 0) is 43.2 Å². The van der Waals surface area contributed by atoms with Gasteiger partial charge in [-0.15, -0.1) is 0 Å². The van der Waals surface area contributed by atoms with Crippen LogP contribution in [0.15, 0.2) is 42.7 Å². The van der Waals surface area contributed by atoms with E-state index >= 15 is 0 Å². The number of rotatable bonds is 3. The zero-order valence-electron chi connectivity index (χ0n) is 9.60. The second-order valence-corrected chi connectivity index (χ2v) is 3.65. The molecule has 2 heteroatoms. The summed E-state index contributed by atoms with van der Waals surface area (Å²) in [7, 11) is 0. The van der Waals surface area contributed by atoms with Crippen LogP contribution in [0.5, 0.6) is 5.75 Å². The third kappa shape index (κ3) is 2.22. The van der Waals surface area contributed by atoms with E-state index in [1.807, 2.05) is 43.6 Å². The summed E-state index contributed by atoms with van der Waals surface area (Å²) in [6.45, 7) is 4.77. The summed E-state index contributed by atoms with van der Waals surface area (Å²) in [5, 5.41) is 0. The predicted molar refractivity (Wildman–Crippen MR) is 65.6 cm³/mol. The number of pyridine rings is 1. The van der Waals surface area contributed by atoms with Gasteiger partial charge in [0.1, 0.15) is 5.75 Å². The minimum absolute atomic E-state index is 0.690. The normalized spacial score (nSPS) is 10.1. The maximum Gasteiger partial charge on any atom is 0.119 e. The molecule has 2 nitrogen and oxygen atoms in total. The molecule has 0 amide bonds. The first-order valence-electron chi connectivity index (χ1n) is 5.45. The van der Waals surface area contributed by atoms with Gasteiger partial charge in [0.25, 0.3) is 0 Å². The van der Waals surface area contributed by atoms with E-state index in [2.05, 4.69) is 18.0 Å². The van der Waals surface area contributed by atoms with Crippen LogP contribution in [0.2, 0.25) is 0 Å². The highest BCUT2D eigenvalue weighted by atomic mass is 16.5. The van der Waals surface area contributed by atoms with Crippen LogP contribution in [0.25, 0.3) is 11.1 Å². The second-order valence-electron chi connectivity index (χ2n) is 3.65. The number of ether oxygens (including phenoxy) is 1. The fourth-order valence-electron chi connectivity index (χ4n) is 1.69. The third-order valence-corrected chi connectivity index (χ3v) is 2.50. The lowest BCUT2D eigenvalue weighted by Gasteiger charge is -2.07. The highest BCUT2D eigenvalue weighted by Crippen LogP contribution is 2.25. The van der Waals surface area contributed by atoms with Gasteiger partial charge < -0.3 is 4.74 Å². The number of aromatic nitrogens is 1. The molecule has 82 valence electrons. The monoisotopic (exact) mass is 213 g/mol. The Bertz CT molecular complexity index is 480. The van der Waals surface area contributed by atoms with Crippen molar-refractivity contribution in [1.29, 1.82) is 0 Å². The van der Waals surface area contributed by atoms with Crippen molar-refractivity contribution in [3.8, 4) is 16.9 Å². The molecule has 0 unspecified atom stereocenters. The Kier molecular flexibility index (Phi) is 3.20. The topological polar surface area (TPSA) is 22.1 Å². The van der Waals surface area contributed by atoms with E-state index < -0.39 is 0 Å². The predicted octanol–water partition coefficient (Wildman–Crippen LogP) is 3.46. The van der Waals surface area contributed by atoms with Crippen molar-refractivity contribution >= 4 is 0 Å². The van der Waals surface area contributed by atoms with Crippen LogP contribution in [-0.2, 0) is 0 Å². The molecule has 16 heavy (non-hydrogen) atoms. The second kappa shape index (κ2) is 4.79. The molecule has 0 fully saturated rings. The van der Waals surface area contributed by atoms with Crippen molar-refractivity contribution in [2.45, 2.75) is 13.8 Å². The fraction of sp³-hybridized carbons (Fsp3) is 0.214. The Morgan fingerprint density at radius 2 is 2.12 bits per heavy atom. The zero-order valence-corrected chi connectivity index (χ0v) is 9.60. The van der Waals surface area contributed by atoms with Crippen molar-refractivity contribution in [1.82, 2.24) is 4.98 Å². The van der Waals surface area contributed by atoms with Crippen LogP contribution >= 0.6 is 0 Å². The van der Waals surface area contributed by atoms with Gasteiger partial charge in [0.2, 0.25) is 0 Å².